The van der Waals surface area contributed by atoms with Gasteiger partial charge in [0.2, 0.25) is 0 Å². The van der Waals surface area contributed by atoms with Gasteiger partial charge in [0.15, 0.2) is 11.6 Å². The molecular weight excluding hydrogens is 688 g/mol. The Morgan fingerprint density at radius 1 is 1.12 bits per heavy atom. The van der Waals surface area contributed by atoms with Crippen molar-refractivity contribution in [3.05, 3.63) is 76.4 Å². The number of amides is 1. The van der Waals surface area contributed by atoms with Crippen LogP contribution in [0.2, 0.25) is 0 Å². The number of anilines is 1. The van der Waals surface area contributed by atoms with Gasteiger partial charge < -0.3 is 14.5 Å². The first kappa shape index (κ1) is 32.8. The van der Waals surface area contributed by atoms with Crippen LogP contribution >= 0.6 is 11.3 Å². The van der Waals surface area contributed by atoms with Gasteiger partial charge in [0.1, 0.15) is 34.8 Å². The number of ether oxygens (including phenoxy) is 1. The molecule has 4 aliphatic heterocycles. The normalized spacial score (nSPS) is 24.5. The number of fused-ring (bicyclic) bond motifs is 3. The van der Waals surface area contributed by atoms with Crippen LogP contribution in [0, 0.1) is 18.2 Å². The average Bonchev–Trinajstić information content (AvgIpc) is 3.95. The number of carbonyl (C=O) groups is 1. The number of rotatable bonds is 7. The van der Waals surface area contributed by atoms with Gasteiger partial charge in [-0.3, -0.25) is 14.7 Å². The Bertz CT molecular complexity index is 2310. The molecule has 9 rings (SSSR count). The number of hydrogen-bond acceptors (Lipinski definition) is 9. The standard InChI is InChI=1S/C39H34F3N7O2S/c1-2-24-6-3-7-25-8-4-9-27(31(24)25)33-32(42)34-28(20-44-33)35(46-37(45-34)51-23-39-10-5-14-48(39)21-26(40)19-39)47-15-11-38(22-47)12-16-49(38)36(50)29(41)18-30-43-13-17-52-30/h1,3-4,6-9,13,17-18,20,26H,5,10-12,14-16,19,21-23H2/b29-18-/t26-,38?,39+/m1/s1. The second kappa shape index (κ2) is 12.6. The number of benzene rings is 2. The molecule has 4 saturated heterocycles. The van der Waals surface area contributed by atoms with Gasteiger partial charge in [-0.05, 0) is 43.7 Å². The molecule has 4 fully saturated rings. The van der Waals surface area contributed by atoms with Gasteiger partial charge in [-0.1, -0.05) is 36.3 Å². The number of pyridine rings is 1. The molecule has 0 saturated carbocycles. The number of nitrogens with zero attached hydrogens (tertiary/aromatic N) is 7. The number of carbonyl (C=O) groups excluding carboxylic acids is 1. The first-order valence-corrected chi connectivity index (χ1v) is 18.4. The van der Waals surface area contributed by atoms with Crippen molar-refractivity contribution in [3.8, 4) is 29.6 Å². The van der Waals surface area contributed by atoms with Gasteiger partial charge in [0.05, 0.1) is 16.5 Å². The second-order valence-corrected chi connectivity index (χ2v) is 15.1. The maximum absolute atomic E-state index is 17.0. The molecule has 0 bridgehead atoms. The van der Waals surface area contributed by atoms with Gasteiger partial charge >= 0.3 is 6.01 Å². The lowest BCUT2D eigenvalue weighted by molar-refractivity contribution is -0.142. The van der Waals surface area contributed by atoms with E-state index in [-0.39, 0.29) is 23.8 Å². The smallest absolute Gasteiger partial charge is 0.319 e. The van der Waals surface area contributed by atoms with Gasteiger partial charge in [-0.25, -0.2) is 18.2 Å². The van der Waals surface area contributed by atoms with Crippen LogP contribution in [0.15, 0.2) is 60.0 Å². The molecule has 2 aromatic carbocycles. The van der Waals surface area contributed by atoms with E-state index in [1.807, 2.05) is 35.2 Å². The molecule has 4 aliphatic rings. The number of aromatic nitrogens is 4. The largest absolute Gasteiger partial charge is 0.461 e. The molecule has 0 N–H and O–H groups in total. The van der Waals surface area contributed by atoms with Crippen LogP contribution in [0.4, 0.5) is 19.0 Å². The van der Waals surface area contributed by atoms with Crippen molar-refractivity contribution >= 4 is 50.8 Å². The zero-order valence-corrected chi connectivity index (χ0v) is 29.0. The van der Waals surface area contributed by atoms with Gasteiger partial charge in [0.25, 0.3) is 5.91 Å². The minimum atomic E-state index is -0.938. The van der Waals surface area contributed by atoms with Crippen LogP contribution in [-0.2, 0) is 4.79 Å². The predicted molar refractivity (Wildman–Crippen MR) is 194 cm³/mol. The lowest BCUT2D eigenvalue weighted by Crippen LogP contribution is -2.63. The van der Waals surface area contributed by atoms with Crippen molar-refractivity contribution in [1.82, 2.24) is 29.7 Å². The third kappa shape index (κ3) is 5.30. The molecule has 1 spiro atoms. The summed E-state index contributed by atoms with van der Waals surface area (Å²) in [5.41, 5.74) is 0.178. The summed E-state index contributed by atoms with van der Waals surface area (Å²) in [7, 11) is 0. The van der Waals surface area contributed by atoms with Gasteiger partial charge in [-0.2, -0.15) is 9.97 Å². The van der Waals surface area contributed by atoms with Crippen molar-refractivity contribution in [1.29, 1.82) is 0 Å². The molecule has 0 aliphatic carbocycles. The molecule has 264 valence electrons. The minimum absolute atomic E-state index is 0.0238. The maximum atomic E-state index is 17.0. The third-order valence-electron chi connectivity index (χ3n) is 11.3. The molecule has 1 amide bonds. The SMILES string of the molecule is C#Cc1cccc2cccc(-c3ncc4c(N5CCC6(CCN6C(=O)/C(F)=C/c6nccs6)C5)nc(OC[C@@]56CCCN5C[C@H](F)C6)nc4c3F)c12. The summed E-state index contributed by atoms with van der Waals surface area (Å²) in [6.07, 6.45) is 12.6. The fourth-order valence-corrected chi connectivity index (χ4v) is 9.30. The van der Waals surface area contributed by atoms with E-state index < -0.39 is 34.8 Å². The molecule has 5 aromatic rings. The van der Waals surface area contributed by atoms with Gasteiger partial charge in [-0.15, -0.1) is 17.8 Å². The number of thiazole rings is 1. The lowest BCUT2D eigenvalue weighted by atomic mass is 9.83. The molecule has 7 heterocycles. The fraction of sp³-hybridized carbons (Fsp3) is 0.359. The van der Waals surface area contributed by atoms with Crippen molar-refractivity contribution in [2.24, 2.45) is 0 Å². The van der Waals surface area contributed by atoms with E-state index >= 15 is 8.78 Å². The highest BCUT2D eigenvalue weighted by Crippen LogP contribution is 2.44. The Balaban J connectivity index is 1.10. The monoisotopic (exact) mass is 721 g/mol. The Labute approximate surface area is 302 Å². The quantitative estimate of drug-likeness (QED) is 0.138. The van der Waals surface area contributed by atoms with Crippen molar-refractivity contribution in [2.45, 2.75) is 49.4 Å². The molecular formula is C39H34F3N7O2S. The summed E-state index contributed by atoms with van der Waals surface area (Å²) in [5, 5.41) is 4.07. The topological polar surface area (TPSA) is 87.6 Å². The zero-order chi connectivity index (χ0) is 35.6. The van der Waals surface area contributed by atoms with Crippen LogP contribution in [0.5, 0.6) is 6.01 Å². The van der Waals surface area contributed by atoms with Crippen LogP contribution in [0.1, 0.15) is 42.7 Å². The Kier molecular flexibility index (Phi) is 7.93. The second-order valence-electron chi connectivity index (χ2n) is 14.2. The van der Waals surface area contributed by atoms with Crippen molar-refractivity contribution < 1.29 is 22.7 Å². The van der Waals surface area contributed by atoms with Gasteiger partial charge in [0, 0.05) is 73.0 Å². The average molecular weight is 722 g/mol. The lowest BCUT2D eigenvalue weighted by Gasteiger charge is -2.50. The van der Waals surface area contributed by atoms with Crippen LogP contribution < -0.4 is 9.64 Å². The molecule has 3 atom stereocenters. The van der Waals surface area contributed by atoms with Crippen molar-refractivity contribution in [2.75, 3.05) is 44.2 Å². The first-order valence-electron chi connectivity index (χ1n) is 17.5. The number of hydrogen-bond donors (Lipinski definition) is 0. The zero-order valence-electron chi connectivity index (χ0n) is 28.2. The summed E-state index contributed by atoms with van der Waals surface area (Å²) < 4.78 is 53.0. The third-order valence-corrected chi connectivity index (χ3v) is 12.1. The summed E-state index contributed by atoms with van der Waals surface area (Å²) in [6.45, 7) is 2.59. The predicted octanol–water partition coefficient (Wildman–Crippen LogP) is 6.57. The Morgan fingerprint density at radius 3 is 2.75 bits per heavy atom. The highest BCUT2D eigenvalue weighted by molar-refractivity contribution is 7.10. The molecule has 3 aromatic heterocycles. The van der Waals surface area contributed by atoms with E-state index in [2.05, 4.69) is 25.8 Å². The first-order chi connectivity index (χ1) is 25.3. The number of halogens is 3. The van der Waals surface area contributed by atoms with E-state index in [4.69, 9.17) is 16.1 Å². The summed E-state index contributed by atoms with van der Waals surface area (Å²) in [6, 6.07) is 11.1. The molecule has 1 unspecified atom stereocenters. The number of likely N-dealkylation sites (tertiary alicyclic amines) is 1. The number of alkyl halides is 1. The van der Waals surface area contributed by atoms with Crippen LogP contribution in [-0.4, -0.2) is 92.2 Å². The number of terminal acetylenes is 1. The minimum Gasteiger partial charge on any atom is -0.461 e. The molecule has 13 heteroatoms. The van der Waals surface area contributed by atoms with E-state index in [0.29, 0.717) is 78.2 Å². The van der Waals surface area contributed by atoms with E-state index in [1.54, 1.807) is 28.7 Å². The van der Waals surface area contributed by atoms with Crippen molar-refractivity contribution in [3.63, 3.8) is 0 Å². The van der Waals surface area contributed by atoms with E-state index in [9.17, 15) is 9.18 Å². The maximum Gasteiger partial charge on any atom is 0.319 e. The van der Waals surface area contributed by atoms with E-state index in [1.165, 1.54) is 17.4 Å². The highest BCUT2D eigenvalue weighted by Gasteiger charge is 2.53. The molecule has 0 radical (unpaired) electrons. The fourth-order valence-electron chi connectivity index (χ4n) is 8.74. The van der Waals surface area contributed by atoms with Crippen LogP contribution in [0.3, 0.4) is 0 Å². The Morgan fingerprint density at radius 2 is 1.96 bits per heavy atom. The summed E-state index contributed by atoms with van der Waals surface area (Å²) >= 11 is 1.25. The summed E-state index contributed by atoms with van der Waals surface area (Å²) in [4.78, 5) is 37.1. The van der Waals surface area contributed by atoms with E-state index in [0.717, 1.165) is 24.8 Å². The Hall–Kier alpha value is -5.06. The highest BCUT2D eigenvalue weighted by atomic mass is 32.1. The summed E-state index contributed by atoms with van der Waals surface area (Å²) in [5.74, 6) is 0.927. The molecule has 9 nitrogen and oxygen atoms in total. The molecule has 52 heavy (non-hydrogen) atoms. The van der Waals surface area contributed by atoms with Crippen LogP contribution in [0.25, 0.3) is 39.0 Å².